The van der Waals surface area contributed by atoms with Gasteiger partial charge >= 0.3 is 0 Å². The van der Waals surface area contributed by atoms with Crippen LogP contribution in [0.1, 0.15) is 28.9 Å². The van der Waals surface area contributed by atoms with E-state index >= 15 is 0 Å². The normalized spacial score (nSPS) is 10.9. The molecule has 0 aliphatic heterocycles. The fraction of sp³-hybridized carbons (Fsp3) is 0.348. The Morgan fingerprint density at radius 1 is 1.13 bits per heavy atom. The maximum Gasteiger partial charge on any atom is 0.234 e. The Balaban J connectivity index is 1.45. The molecule has 0 spiro atoms. The summed E-state index contributed by atoms with van der Waals surface area (Å²) in [6, 6.07) is 11.6. The molecule has 0 saturated carbocycles. The van der Waals surface area contributed by atoms with Gasteiger partial charge in [0, 0.05) is 24.2 Å². The van der Waals surface area contributed by atoms with Gasteiger partial charge in [0.25, 0.3) is 0 Å². The van der Waals surface area contributed by atoms with E-state index in [1.54, 1.807) is 0 Å². The van der Waals surface area contributed by atoms with Gasteiger partial charge in [0.1, 0.15) is 11.6 Å². The summed E-state index contributed by atoms with van der Waals surface area (Å²) >= 11 is 7.35. The van der Waals surface area contributed by atoms with E-state index in [0.29, 0.717) is 11.6 Å². The molecule has 3 aromatic rings. The van der Waals surface area contributed by atoms with Crippen LogP contribution >= 0.6 is 23.4 Å². The number of ether oxygens (including phenoxy) is 1. The van der Waals surface area contributed by atoms with Crippen molar-refractivity contribution in [2.45, 2.75) is 38.8 Å². The molecule has 1 aromatic heterocycles. The molecular formula is C23H27ClN4O2S. The lowest BCUT2D eigenvalue weighted by Crippen LogP contribution is -2.14. The quantitative estimate of drug-likeness (QED) is 0.355. The van der Waals surface area contributed by atoms with Gasteiger partial charge in [0.05, 0.1) is 12.4 Å². The minimum Gasteiger partial charge on any atom is -0.493 e. The zero-order chi connectivity index (χ0) is 22.4. The number of carbonyl (C=O) groups is 1. The summed E-state index contributed by atoms with van der Waals surface area (Å²) in [7, 11) is 1.92. The van der Waals surface area contributed by atoms with Crippen molar-refractivity contribution in [3.05, 3.63) is 63.9 Å². The van der Waals surface area contributed by atoms with Crippen molar-refractivity contribution in [2.75, 3.05) is 17.7 Å². The number of thioether (sulfide) groups is 1. The van der Waals surface area contributed by atoms with Gasteiger partial charge < -0.3 is 14.6 Å². The number of hydrogen-bond acceptors (Lipinski definition) is 5. The summed E-state index contributed by atoms with van der Waals surface area (Å²) < 4.78 is 7.77. The van der Waals surface area contributed by atoms with Crippen LogP contribution in [0.15, 0.2) is 41.6 Å². The molecular weight excluding hydrogens is 432 g/mol. The Hall–Kier alpha value is -2.51. The van der Waals surface area contributed by atoms with E-state index in [9.17, 15) is 4.79 Å². The lowest BCUT2D eigenvalue weighted by molar-refractivity contribution is -0.113. The van der Waals surface area contributed by atoms with Gasteiger partial charge in [0.2, 0.25) is 5.91 Å². The van der Waals surface area contributed by atoms with Crippen LogP contribution in [0.5, 0.6) is 5.75 Å². The Morgan fingerprint density at radius 3 is 2.58 bits per heavy atom. The second-order valence-electron chi connectivity index (χ2n) is 7.53. The van der Waals surface area contributed by atoms with Crippen LogP contribution in [-0.2, 0) is 18.3 Å². The number of amides is 1. The number of hydrogen-bond donors (Lipinski definition) is 1. The van der Waals surface area contributed by atoms with Crippen LogP contribution in [0, 0.1) is 20.8 Å². The highest BCUT2D eigenvalue weighted by atomic mass is 35.5. The standard InChI is InChI=1S/C23H27ClN4O2S/c1-15-10-16(2)12-19(11-15)25-22(29)14-31-23-27-26-21(28(23)4)6-5-9-30-20-8-7-18(24)13-17(20)3/h7-8,10-13H,5-6,9,14H2,1-4H3,(H,25,29). The average molecular weight is 459 g/mol. The molecule has 0 radical (unpaired) electrons. The predicted molar refractivity (Wildman–Crippen MR) is 126 cm³/mol. The molecule has 3 rings (SSSR count). The van der Waals surface area contributed by atoms with Gasteiger partial charge in [-0.2, -0.15) is 0 Å². The highest BCUT2D eigenvalue weighted by Gasteiger charge is 2.12. The van der Waals surface area contributed by atoms with Crippen molar-refractivity contribution in [2.24, 2.45) is 7.05 Å². The van der Waals surface area contributed by atoms with Gasteiger partial charge in [-0.15, -0.1) is 10.2 Å². The highest BCUT2D eigenvalue weighted by molar-refractivity contribution is 7.99. The van der Waals surface area contributed by atoms with Crippen LogP contribution in [0.3, 0.4) is 0 Å². The largest absolute Gasteiger partial charge is 0.493 e. The van der Waals surface area contributed by atoms with Crippen LogP contribution in [-0.4, -0.2) is 33.0 Å². The lowest BCUT2D eigenvalue weighted by Gasteiger charge is -2.09. The summed E-state index contributed by atoms with van der Waals surface area (Å²) in [5, 5.41) is 12.9. The van der Waals surface area contributed by atoms with Crippen molar-refractivity contribution >= 4 is 35.0 Å². The van der Waals surface area contributed by atoms with Gasteiger partial charge in [-0.1, -0.05) is 29.4 Å². The third kappa shape index (κ3) is 6.74. The lowest BCUT2D eigenvalue weighted by atomic mass is 10.1. The topological polar surface area (TPSA) is 69.0 Å². The number of nitrogens with zero attached hydrogens (tertiary/aromatic N) is 3. The fourth-order valence-corrected chi connectivity index (χ4v) is 4.21. The minimum absolute atomic E-state index is 0.0636. The van der Waals surface area contributed by atoms with Crippen molar-refractivity contribution in [1.82, 2.24) is 14.8 Å². The van der Waals surface area contributed by atoms with E-state index in [0.717, 1.165) is 51.9 Å². The second kappa shape index (κ2) is 10.7. The molecule has 31 heavy (non-hydrogen) atoms. The average Bonchev–Trinajstić information content (AvgIpc) is 3.04. The Kier molecular flexibility index (Phi) is 7.98. The first-order valence-corrected chi connectivity index (χ1v) is 11.5. The molecule has 0 fully saturated rings. The van der Waals surface area contributed by atoms with Crippen molar-refractivity contribution in [3.8, 4) is 5.75 Å². The van der Waals surface area contributed by atoms with Crippen LogP contribution in [0.2, 0.25) is 5.02 Å². The highest BCUT2D eigenvalue weighted by Crippen LogP contribution is 2.22. The van der Waals surface area contributed by atoms with E-state index in [2.05, 4.69) is 21.6 Å². The first kappa shape index (κ1) is 23.2. The smallest absolute Gasteiger partial charge is 0.234 e. The Labute approximate surface area is 192 Å². The summed E-state index contributed by atoms with van der Waals surface area (Å²) in [6.07, 6.45) is 1.55. The summed E-state index contributed by atoms with van der Waals surface area (Å²) in [5.74, 6) is 1.92. The summed E-state index contributed by atoms with van der Waals surface area (Å²) in [5.41, 5.74) is 4.08. The third-order valence-electron chi connectivity index (χ3n) is 4.70. The molecule has 1 N–H and O–H groups in total. The molecule has 0 aliphatic rings. The van der Waals surface area contributed by atoms with Crippen LogP contribution in [0.4, 0.5) is 5.69 Å². The van der Waals surface area contributed by atoms with Crippen molar-refractivity contribution in [3.63, 3.8) is 0 Å². The number of rotatable bonds is 9. The van der Waals surface area contributed by atoms with E-state index < -0.39 is 0 Å². The Morgan fingerprint density at radius 2 is 1.87 bits per heavy atom. The number of carbonyl (C=O) groups excluding carboxylic acids is 1. The van der Waals surface area contributed by atoms with Crippen LogP contribution in [0.25, 0.3) is 0 Å². The maximum atomic E-state index is 12.3. The predicted octanol–water partition coefficient (Wildman–Crippen LogP) is 5.14. The third-order valence-corrected chi connectivity index (χ3v) is 5.96. The molecule has 2 aromatic carbocycles. The van der Waals surface area contributed by atoms with Gasteiger partial charge in [0.15, 0.2) is 5.16 Å². The van der Waals surface area contributed by atoms with Crippen molar-refractivity contribution < 1.29 is 9.53 Å². The molecule has 0 atom stereocenters. The number of nitrogens with one attached hydrogen (secondary N) is 1. The molecule has 0 unspecified atom stereocenters. The second-order valence-corrected chi connectivity index (χ2v) is 8.91. The zero-order valence-corrected chi connectivity index (χ0v) is 19.8. The molecule has 164 valence electrons. The molecule has 1 heterocycles. The SMILES string of the molecule is Cc1cc(C)cc(NC(=O)CSc2nnc(CCCOc3ccc(Cl)cc3C)n2C)c1. The summed E-state index contributed by atoms with van der Waals surface area (Å²) in [6.45, 7) is 6.58. The zero-order valence-electron chi connectivity index (χ0n) is 18.2. The maximum absolute atomic E-state index is 12.3. The molecule has 0 saturated heterocycles. The molecule has 0 aliphatic carbocycles. The number of benzene rings is 2. The first-order valence-electron chi connectivity index (χ1n) is 10.1. The number of aryl methyl sites for hydroxylation is 4. The fourth-order valence-electron chi connectivity index (χ4n) is 3.25. The first-order chi connectivity index (χ1) is 14.8. The number of halogens is 1. The molecule has 1 amide bonds. The number of aromatic nitrogens is 3. The van der Waals surface area contributed by atoms with Gasteiger partial charge in [-0.3, -0.25) is 4.79 Å². The van der Waals surface area contributed by atoms with Crippen molar-refractivity contribution in [1.29, 1.82) is 0 Å². The Bertz CT molecular complexity index is 1050. The van der Waals surface area contributed by atoms with Gasteiger partial charge in [-0.25, -0.2) is 0 Å². The van der Waals surface area contributed by atoms with E-state index in [1.807, 2.05) is 62.7 Å². The number of anilines is 1. The minimum atomic E-state index is -0.0636. The molecule has 6 nitrogen and oxygen atoms in total. The molecule has 8 heteroatoms. The van der Waals surface area contributed by atoms with E-state index in [1.165, 1.54) is 11.8 Å². The van der Waals surface area contributed by atoms with E-state index in [-0.39, 0.29) is 11.7 Å². The molecule has 0 bridgehead atoms. The van der Waals surface area contributed by atoms with Crippen LogP contribution < -0.4 is 10.1 Å². The van der Waals surface area contributed by atoms with Gasteiger partial charge in [-0.05, 0) is 74.2 Å². The summed E-state index contributed by atoms with van der Waals surface area (Å²) in [4.78, 5) is 12.3. The monoisotopic (exact) mass is 458 g/mol. The van der Waals surface area contributed by atoms with E-state index in [4.69, 9.17) is 16.3 Å².